The summed E-state index contributed by atoms with van der Waals surface area (Å²) in [5.41, 5.74) is 0.635. The topological polar surface area (TPSA) is 26.3 Å². The minimum atomic E-state index is -0.212. The van der Waals surface area contributed by atoms with Crippen LogP contribution < -0.4 is 0 Å². The van der Waals surface area contributed by atoms with E-state index in [4.69, 9.17) is 4.74 Å². The Hall–Kier alpha value is -1.31. The van der Waals surface area contributed by atoms with E-state index >= 15 is 0 Å². The van der Waals surface area contributed by atoms with Crippen LogP contribution in [0.1, 0.15) is 56.3 Å². The van der Waals surface area contributed by atoms with E-state index in [0.717, 1.165) is 6.42 Å². The molecule has 0 N–H and O–H groups in total. The summed E-state index contributed by atoms with van der Waals surface area (Å²) in [4.78, 5) is 11.7. The number of unbranched alkanes of at least 4 members (excludes halogenated alkanes) is 2. The highest BCUT2D eigenvalue weighted by Gasteiger charge is 2.07. The first-order valence-corrected chi connectivity index (χ1v) is 6.96. The molecule has 2 heteroatoms. The third-order valence-corrected chi connectivity index (χ3v) is 3.15. The van der Waals surface area contributed by atoms with Crippen LogP contribution in [0.3, 0.4) is 0 Å². The molecule has 0 heterocycles. The molecule has 0 spiro atoms. The first-order chi connectivity index (χ1) is 8.74. The zero-order valence-electron chi connectivity index (χ0n) is 11.5. The van der Waals surface area contributed by atoms with Gasteiger partial charge in [-0.15, -0.1) is 0 Å². The Bertz CT molecular complexity index is 332. The number of benzene rings is 1. The Morgan fingerprint density at radius 3 is 2.56 bits per heavy atom. The maximum Gasteiger partial charge on any atom is 0.338 e. The van der Waals surface area contributed by atoms with Gasteiger partial charge in [0.05, 0.1) is 12.2 Å². The number of rotatable bonds is 8. The predicted octanol–water partition coefficient (Wildman–Crippen LogP) is 4.45. The maximum atomic E-state index is 11.7. The standard InChI is InChI=1S/C16H24O2/c1-3-4-6-9-14(2)12-13-18-16(17)15-10-7-5-8-11-15/h5,7-8,10-11,14H,3-4,6,9,12-13H2,1-2H3. The lowest BCUT2D eigenvalue weighted by Gasteiger charge is -2.11. The average Bonchev–Trinajstić information content (AvgIpc) is 2.40. The van der Waals surface area contributed by atoms with Gasteiger partial charge in [-0.05, 0) is 24.5 Å². The van der Waals surface area contributed by atoms with E-state index in [2.05, 4.69) is 13.8 Å². The molecule has 1 aromatic rings. The molecule has 0 saturated carbocycles. The Morgan fingerprint density at radius 2 is 1.89 bits per heavy atom. The van der Waals surface area contributed by atoms with Gasteiger partial charge in [0.15, 0.2) is 0 Å². The maximum absolute atomic E-state index is 11.7. The second-order valence-corrected chi connectivity index (χ2v) is 4.89. The Labute approximate surface area is 110 Å². The summed E-state index contributed by atoms with van der Waals surface area (Å²) >= 11 is 0. The van der Waals surface area contributed by atoms with Crippen molar-refractivity contribution < 1.29 is 9.53 Å². The fraction of sp³-hybridized carbons (Fsp3) is 0.562. The number of hydrogen-bond donors (Lipinski definition) is 0. The van der Waals surface area contributed by atoms with Crippen LogP contribution in [0.15, 0.2) is 30.3 Å². The molecule has 1 unspecified atom stereocenters. The van der Waals surface area contributed by atoms with Gasteiger partial charge in [-0.3, -0.25) is 0 Å². The highest BCUT2D eigenvalue weighted by molar-refractivity contribution is 5.89. The molecule has 0 amide bonds. The first-order valence-electron chi connectivity index (χ1n) is 6.96. The van der Waals surface area contributed by atoms with Crippen LogP contribution in [-0.2, 0) is 4.74 Å². The van der Waals surface area contributed by atoms with E-state index in [9.17, 15) is 4.79 Å². The lowest BCUT2D eigenvalue weighted by molar-refractivity contribution is 0.0483. The predicted molar refractivity (Wildman–Crippen MR) is 74.6 cm³/mol. The van der Waals surface area contributed by atoms with Crippen molar-refractivity contribution in [1.29, 1.82) is 0 Å². The summed E-state index contributed by atoms with van der Waals surface area (Å²) in [5, 5.41) is 0. The van der Waals surface area contributed by atoms with Crippen molar-refractivity contribution in [2.24, 2.45) is 5.92 Å². The van der Waals surface area contributed by atoms with Gasteiger partial charge >= 0.3 is 5.97 Å². The van der Waals surface area contributed by atoms with E-state index < -0.39 is 0 Å². The summed E-state index contributed by atoms with van der Waals surface area (Å²) in [5.74, 6) is 0.427. The molecular formula is C16H24O2. The number of esters is 1. The Balaban J connectivity index is 2.16. The van der Waals surface area contributed by atoms with E-state index in [1.54, 1.807) is 12.1 Å². The van der Waals surface area contributed by atoms with E-state index in [1.165, 1.54) is 25.7 Å². The van der Waals surface area contributed by atoms with Crippen LogP contribution in [-0.4, -0.2) is 12.6 Å². The molecule has 1 atom stereocenters. The van der Waals surface area contributed by atoms with E-state index in [-0.39, 0.29) is 5.97 Å². The Kier molecular flexibility index (Phi) is 7.16. The van der Waals surface area contributed by atoms with Crippen LogP contribution in [0.5, 0.6) is 0 Å². The van der Waals surface area contributed by atoms with Crippen molar-refractivity contribution in [2.75, 3.05) is 6.61 Å². The van der Waals surface area contributed by atoms with Crippen molar-refractivity contribution in [3.05, 3.63) is 35.9 Å². The fourth-order valence-electron chi connectivity index (χ4n) is 1.90. The minimum absolute atomic E-state index is 0.212. The van der Waals surface area contributed by atoms with Crippen molar-refractivity contribution in [3.63, 3.8) is 0 Å². The number of hydrogen-bond acceptors (Lipinski definition) is 2. The van der Waals surface area contributed by atoms with Gasteiger partial charge in [-0.1, -0.05) is 57.7 Å². The van der Waals surface area contributed by atoms with Crippen LogP contribution in [0, 0.1) is 5.92 Å². The van der Waals surface area contributed by atoms with Crippen LogP contribution in [0.25, 0.3) is 0 Å². The second-order valence-electron chi connectivity index (χ2n) is 4.89. The van der Waals surface area contributed by atoms with E-state index in [0.29, 0.717) is 18.1 Å². The van der Waals surface area contributed by atoms with Crippen LogP contribution in [0.2, 0.25) is 0 Å². The molecule has 0 aliphatic rings. The molecule has 0 fully saturated rings. The van der Waals surface area contributed by atoms with Gasteiger partial charge < -0.3 is 4.74 Å². The highest BCUT2D eigenvalue weighted by Crippen LogP contribution is 2.13. The van der Waals surface area contributed by atoms with Gasteiger partial charge in [0.1, 0.15) is 0 Å². The molecule has 18 heavy (non-hydrogen) atoms. The molecule has 0 saturated heterocycles. The molecule has 0 aliphatic heterocycles. The Morgan fingerprint density at radius 1 is 1.17 bits per heavy atom. The van der Waals surface area contributed by atoms with Crippen molar-refractivity contribution in [2.45, 2.75) is 46.0 Å². The smallest absolute Gasteiger partial charge is 0.338 e. The highest BCUT2D eigenvalue weighted by atomic mass is 16.5. The molecule has 1 rings (SSSR count). The zero-order chi connectivity index (χ0) is 13.2. The number of carbonyl (C=O) groups is 1. The lowest BCUT2D eigenvalue weighted by Crippen LogP contribution is -2.09. The van der Waals surface area contributed by atoms with Crippen LogP contribution in [0.4, 0.5) is 0 Å². The van der Waals surface area contributed by atoms with Gasteiger partial charge in [-0.25, -0.2) is 4.79 Å². The zero-order valence-corrected chi connectivity index (χ0v) is 11.5. The summed E-state index contributed by atoms with van der Waals surface area (Å²) < 4.78 is 5.27. The average molecular weight is 248 g/mol. The summed E-state index contributed by atoms with van der Waals surface area (Å²) in [6.07, 6.45) is 6.03. The second kappa shape index (κ2) is 8.73. The lowest BCUT2D eigenvalue weighted by atomic mass is 10.0. The third-order valence-electron chi connectivity index (χ3n) is 3.15. The molecule has 1 aromatic carbocycles. The fourth-order valence-corrected chi connectivity index (χ4v) is 1.90. The van der Waals surface area contributed by atoms with Crippen molar-refractivity contribution in [3.8, 4) is 0 Å². The van der Waals surface area contributed by atoms with Gasteiger partial charge in [0.25, 0.3) is 0 Å². The van der Waals surface area contributed by atoms with Gasteiger partial charge in [0, 0.05) is 0 Å². The normalized spacial score (nSPS) is 12.1. The minimum Gasteiger partial charge on any atom is -0.462 e. The molecule has 100 valence electrons. The number of carbonyl (C=O) groups excluding carboxylic acids is 1. The van der Waals surface area contributed by atoms with Gasteiger partial charge in [0.2, 0.25) is 0 Å². The first kappa shape index (κ1) is 14.7. The molecule has 2 nitrogen and oxygen atoms in total. The summed E-state index contributed by atoms with van der Waals surface area (Å²) in [7, 11) is 0. The van der Waals surface area contributed by atoms with Crippen molar-refractivity contribution >= 4 is 5.97 Å². The summed E-state index contributed by atoms with van der Waals surface area (Å²) in [6.45, 7) is 4.97. The van der Waals surface area contributed by atoms with E-state index in [1.807, 2.05) is 18.2 Å². The van der Waals surface area contributed by atoms with Crippen LogP contribution >= 0.6 is 0 Å². The molecule has 0 aliphatic carbocycles. The monoisotopic (exact) mass is 248 g/mol. The summed E-state index contributed by atoms with van der Waals surface area (Å²) in [6, 6.07) is 9.17. The largest absolute Gasteiger partial charge is 0.462 e. The quantitative estimate of drug-likeness (QED) is 0.502. The number of ether oxygens (including phenoxy) is 1. The SMILES string of the molecule is CCCCCC(C)CCOC(=O)c1ccccc1. The molecule has 0 bridgehead atoms. The van der Waals surface area contributed by atoms with Crippen molar-refractivity contribution in [1.82, 2.24) is 0 Å². The molecule has 0 aromatic heterocycles. The third kappa shape index (κ3) is 5.85. The molecule has 0 radical (unpaired) electrons. The van der Waals surface area contributed by atoms with Gasteiger partial charge in [-0.2, -0.15) is 0 Å². The molecular weight excluding hydrogens is 224 g/mol.